The zero-order valence-corrected chi connectivity index (χ0v) is 11.4. The van der Waals surface area contributed by atoms with Crippen LogP contribution in [0, 0.1) is 6.92 Å². The van der Waals surface area contributed by atoms with Crippen LogP contribution >= 0.6 is 22.9 Å². The maximum Gasteiger partial charge on any atom is 0.347 e. The molecule has 7 heteroatoms. The summed E-state index contributed by atoms with van der Waals surface area (Å²) in [6.45, 7) is 1.58. The van der Waals surface area contributed by atoms with Gasteiger partial charge < -0.3 is 5.11 Å². The Morgan fingerprint density at radius 1 is 1.32 bits per heavy atom. The number of anilines is 1. The maximum absolute atomic E-state index is 11.9. The van der Waals surface area contributed by atoms with E-state index in [1.54, 1.807) is 31.2 Å². The summed E-state index contributed by atoms with van der Waals surface area (Å²) >= 11 is 6.65. The van der Waals surface area contributed by atoms with E-state index < -0.39 is 5.97 Å². The van der Waals surface area contributed by atoms with Crippen LogP contribution in [0.2, 0.25) is 5.02 Å². The van der Waals surface area contributed by atoms with Crippen LogP contribution in [-0.2, 0) is 0 Å². The fourth-order valence-corrected chi connectivity index (χ4v) is 2.35. The minimum absolute atomic E-state index is 0.117. The van der Waals surface area contributed by atoms with Crippen molar-refractivity contribution in [3.63, 3.8) is 0 Å². The number of carboxylic acid groups (broad SMARTS) is 1. The highest BCUT2D eigenvalue weighted by atomic mass is 35.5. The number of carbonyl (C=O) groups excluding carboxylic acids is 1. The molecule has 1 aromatic heterocycles. The van der Waals surface area contributed by atoms with E-state index in [-0.39, 0.29) is 15.9 Å². The zero-order valence-electron chi connectivity index (χ0n) is 9.81. The minimum Gasteiger partial charge on any atom is -0.477 e. The van der Waals surface area contributed by atoms with Gasteiger partial charge >= 0.3 is 5.97 Å². The summed E-state index contributed by atoms with van der Waals surface area (Å²) in [4.78, 5) is 26.9. The fourth-order valence-electron chi connectivity index (χ4n) is 1.42. The number of thiazole rings is 1. The standard InChI is InChI=1S/C12H9ClN2O3S/c1-6-9(11(17)18)19-12(14-6)15-10(16)7-2-4-8(13)5-3-7/h2-5H,1H3,(H,17,18)(H,14,15,16). The van der Waals surface area contributed by atoms with Crippen LogP contribution in [0.3, 0.4) is 0 Å². The molecule has 0 bridgehead atoms. The van der Waals surface area contributed by atoms with Crippen molar-refractivity contribution in [2.24, 2.45) is 0 Å². The minimum atomic E-state index is -1.05. The summed E-state index contributed by atoms with van der Waals surface area (Å²) in [5, 5.41) is 12.3. The second kappa shape index (κ2) is 5.38. The Morgan fingerprint density at radius 2 is 1.95 bits per heavy atom. The lowest BCUT2D eigenvalue weighted by Gasteiger charge is -2.01. The molecule has 0 spiro atoms. The van der Waals surface area contributed by atoms with Gasteiger partial charge in [-0.1, -0.05) is 22.9 Å². The number of rotatable bonds is 3. The van der Waals surface area contributed by atoms with E-state index in [2.05, 4.69) is 10.3 Å². The van der Waals surface area contributed by atoms with E-state index in [1.165, 1.54) is 0 Å². The largest absolute Gasteiger partial charge is 0.477 e. The summed E-state index contributed by atoms with van der Waals surface area (Å²) in [5.74, 6) is -1.41. The number of hydrogen-bond acceptors (Lipinski definition) is 4. The summed E-state index contributed by atoms with van der Waals surface area (Å²) < 4.78 is 0. The van der Waals surface area contributed by atoms with Gasteiger partial charge in [0.2, 0.25) is 0 Å². The van der Waals surface area contributed by atoms with Crippen molar-refractivity contribution in [3.05, 3.63) is 45.4 Å². The van der Waals surface area contributed by atoms with E-state index in [9.17, 15) is 9.59 Å². The Bertz CT molecular complexity index is 637. The van der Waals surface area contributed by atoms with Crippen molar-refractivity contribution in [1.29, 1.82) is 0 Å². The van der Waals surface area contributed by atoms with Crippen LogP contribution < -0.4 is 5.32 Å². The zero-order chi connectivity index (χ0) is 14.0. The summed E-state index contributed by atoms with van der Waals surface area (Å²) in [7, 11) is 0. The third-order valence-electron chi connectivity index (χ3n) is 2.32. The molecule has 19 heavy (non-hydrogen) atoms. The lowest BCUT2D eigenvalue weighted by molar-refractivity contribution is 0.0701. The highest BCUT2D eigenvalue weighted by Gasteiger charge is 2.15. The van der Waals surface area contributed by atoms with Gasteiger partial charge in [0.25, 0.3) is 5.91 Å². The van der Waals surface area contributed by atoms with Crippen molar-refractivity contribution < 1.29 is 14.7 Å². The van der Waals surface area contributed by atoms with Crippen LogP contribution in [0.25, 0.3) is 0 Å². The van der Waals surface area contributed by atoms with Gasteiger partial charge in [-0.15, -0.1) is 0 Å². The molecule has 2 rings (SSSR count). The molecule has 5 nitrogen and oxygen atoms in total. The fraction of sp³-hybridized carbons (Fsp3) is 0.0833. The molecular formula is C12H9ClN2O3S. The highest BCUT2D eigenvalue weighted by molar-refractivity contribution is 7.17. The van der Waals surface area contributed by atoms with E-state index in [4.69, 9.17) is 16.7 Å². The molecular weight excluding hydrogens is 288 g/mol. The monoisotopic (exact) mass is 296 g/mol. The summed E-state index contributed by atoms with van der Waals surface area (Å²) in [6.07, 6.45) is 0. The first-order valence-electron chi connectivity index (χ1n) is 5.25. The Morgan fingerprint density at radius 3 is 2.47 bits per heavy atom. The Kier molecular flexibility index (Phi) is 3.82. The number of aryl methyl sites for hydroxylation is 1. The number of carboxylic acids is 1. The molecule has 0 saturated carbocycles. The van der Waals surface area contributed by atoms with E-state index >= 15 is 0 Å². The molecule has 1 aromatic carbocycles. The molecule has 0 atom stereocenters. The lowest BCUT2D eigenvalue weighted by atomic mass is 10.2. The smallest absolute Gasteiger partial charge is 0.347 e. The van der Waals surface area contributed by atoms with Crippen molar-refractivity contribution >= 4 is 39.9 Å². The molecule has 0 aliphatic rings. The maximum atomic E-state index is 11.9. The van der Waals surface area contributed by atoms with Crippen LogP contribution in [-0.4, -0.2) is 22.0 Å². The number of amides is 1. The Hall–Kier alpha value is -1.92. The van der Waals surface area contributed by atoms with E-state index in [1.807, 2.05) is 0 Å². The molecule has 98 valence electrons. The molecule has 2 N–H and O–H groups in total. The average Bonchev–Trinajstić information content (AvgIpc) is 2.71. The first-order chi connectivity index (χ1) is 8.97. The second-order valence-corrected chi connectivity index (χ2v) is 5.14. The Labute approximate surface area is 117 Å². The van der Waals surface area contributed by atoms with Crippen LogP contribution in [0.4, 0.5) is 5.13 Å². The summed E-state index contributed by atoms with van der Waals surface area (Å²) in [6, 6.07) is 6.37. The summed E-state index contributed by atoms with van der Waals surface area (Å²) in [5.41, 5.74) is 0.804. The SMILES string of the molecule is Cc1nc(NC(=O)c2ccc(Cl)cc2)sc1C(=O)O. The molecule has 0 saturated heterocycles. The quantitative estimate of drug-likeness (QED) is 0.912. The van der Waals surface area contributed by atoms with Gasteiger partial charge in [0.15, 0.2) is 5.13 Å². The second-order valence-electron chi connectivity index (χ2n) is 3.70. The van der Waals surface area contributed by atoms with Crippen molar-refractivity contribution in [2.75, 3.05) is 5.32 Å². The Balaban J connectivity index is 2.17. The number of benzene rings is 1. The lowest BCUT2D eigenvalue weighted by Crippen LogP contribution is -2.11. The van der Waals surface area contributed by atoms with E-state index in [0.717, 1.165) is 11.3 Å². The van der Waals surface area contributed by atoms with Gasteiger partial charge in [0, 0.05) is 10.6 Å². The van der Waals surface area contributed by atoms with Crippen molar-refractivity contribution in [1.82, 2.24) is 4.98 Å². The van der Waals surface area contributed by atoms with Crippen molar-refractivity contribution in [2.45, 2.75) is 6.92 Å². The normalized spacial score (nSPS) is 10.2. The molecule has 0 aliphatic heterocycles. The third kappa shape index (κ3) is 3.10. The predicted molar refractivity (Wildman–Crippen MR) is 73.2 cm³/mol. The number of aromatic nitrogens is 1. The average molecular weight is 297 g/mol. The number of nitrogens with zero attached hydrogens (tertiary/aromatic N) is 1. The number of aromatic carboxylic acids is 1. The van der Waals surface area contributed by atoms with Crippen LogP contribution in [0.15, 0.2) is 24.3 Å². The van der Waals surface area contributed by atoms with Gasteiger partial charge in [-0.05, 0) is 31.2 Å². The number of carbonyl (C=O) groups is 2. The van der Waals surface area contributed by atoms with Gasteiger partial charge in [-0.25, -0.2) is 9.78 Å². The molecule has 1 amide bonds. The van der Waals surface area contributed by atoms with Crippen molar-refractivity contribution in [3.8, 4) is 0 Å². The molecule has 0 fully saturated rings. The van der Waals surface area contributed by atoms with Gasteiger partial charge in [0.1, 0.15) is 4.88 Å². The van der Waals surface area contributed by atoms with Gasteiger partial charge in [-0.3, -0.25) is 10.1 Å². The molecule has 1 heterocycles. The molecule has 0 unspecified atom stereocenters. The van der Waals surface area contributed by atoms with E-state index in [0.29, 0.717) is 16.3 Å². The molecule has 0 radical (unpaired) electrons. The number of hydrogen-bond donors (Lipinski definition) is 2. The highest BCUT2D eigenvalue weighted by Crippen LogP contribution is 2.23. The first-order valence-corrected chi connectivity index (χ1v) is 6.44. The van der Waals surface area contributed by atoms with Gasteiger partial charge in [0.05, 0.1) is 5.69 Å². The third-order valence-corrected chi connectivity index (χ3v) is 3.63. The van der Waals surface area contributed by atoms with Crippen LogP contribution in [0.1, 0.15) is 25.7 Å². The molecule has 0 aliphatic carbocycles. The topological polar surface area (TPSA) is 79.3 Å². The number of nitrogens with one attached hydrogen (secondary N) is 1. The van der Waals surface area contributed by atoms with Crippen LogP contribution in [0.5, 0.6) is 0 Å². The number of halogens is 1. The first kappa shape index (κ1) is 13.5. The van der Waals surface area contributed by atoms with Gasteiger partial charge in [-0.2, -0.15) is 0 Å². The molecule has 2 aromatic rings. The predicted octanol–water partition coefficient (Wildman–Crippen LogP) is 3.06.